The highest BCUT2D eigenvalue weighted by Crippen LogP contribution is 2.39. The number of aliphatic carboxylic acids is 1. The minimum absolute atomic E-state index is 0.0932. The summed E-state index contributed by atoms with van der Waals surface area (Å²) in [5.74, 6) is 0.573. The number of benzene rings is 2. The minimum Gasteiger partial charge on any atom is -0.481 e. The van der Waals surface area contributed by atoms with Gasteiger partial charge in [0.05, 0.1) is 14.5 Å². The lowest BCUT2D eigenvalue weighted by atomic mass is 10.1. The molecule has 0 aliphatic rings. The largest absolute Gasteiger partial charge is 0.481 e. The van der Waals surface area contributed by atoms with Crippen LogP contribution < -0.4 is 4.74 Å². The van der Waals surface area contributed by atoms with Crippen molar-refractivity contribution in [3.8, 4) is 11.5 Å². The van der Waals surface area contributed by atoms with Gasteiger partial charge in [-0.15, -0.1) is 0 Å². The Balaban J connectivity index is 1.93. The van der Waals surface area contributed by atoms with E-state index in [0.29, 0.717) is 12.2 Å². The van der Waals surface area contributed by atoms with E-state index in [1.807, 2.05) is 37.3 Å². The number of aryl methyl sites for hydroxylation is 3. The van der Waals surface area contributed by atoms with Crippen LogP contribution in [-0.2, 0) is 17.6 Å². The van der Waals surface area contributed by atoms with E-state index in [1.165, 1.54) is 5.56 Å². The lowest BCUT2D eigenvalue weighted by Gasteiger charge is -2.13. The normalized spacial score (nSPS) is 11.0. The zero-order valence-corrected chi connectivity index (χ0v) is 18.2. The summed E-state index contributed by atoms with van der Waals surface area (Å²) in [6, 6.07) is 11.8. The molecule has 3 aromatic rings. The fourth-order valence-corrected chi connectivity index (χ4v) is 4.44. The molecule has 0 unspecified atom stereocenters. The molecule has 0 aliphatic carbocycles. The van der Waals surface area contributed by atoms with Gasteiger partial charge in [0.2, 0.25) is 0 Å². The number of hydrogen-bond donors (Lipinski definition) is 1. The van der Waals surface area contributed by atoms with E-state index in [9.17, 15) is 4.79 Å². The molecule has 27 heavy (non-hydrogen) atoms. The van der Waals surface area contributed by atoms with Crippen LogP contribution in [0.5, 0.6) is 11.5 Å². The Morgan fingerprint density at radius 3 is 2.48 bits per heavy atom. The van der Waals surface area contributed by atoms with Crippen LogP contribution in [0.2, 0.25) is 0 Å². The van der Waals surface area contributed by atoms with Crippen molar-refractivity contribution in [1.29, 1.82) is 0 Å². The molecule has 3 rings (SSSR count). The van der Waals surface area contributed by atoms with Crippen LogP contribution in [0.1, 0.15) is 30.2 Å². The van der Waals surface area contributed by atoms with Crippen LogP contribution in [0.4, 0.5) is 0 Å². The number of ether oxygens (including phenoxy) is 1. The molecule has 0 aliphatic heterocycles. The fourth-order valence-electron chi connectivity index (χ4n) is 3.00. The van der Waals surface area contributed by atoms with Crippen molar-refractivity contribution in [2.75, 3.05) is 0 Å². The Hall–Kier alpha value is -1.92. The quantitative estimate of drug-likeness (QED) is 0.430. The number of carbonyl (C=O) groups is 1. The Morgan fingerprint density at radius 1 is 1.15 bits per heavy atom. The smallest absolute Gasteiger partial charge is 0.303 e. The van der Waals surface area contributed by atoms with E-state index >= 15 is 0 Å². The summed E-state index contributed by atoms with van der Waals surface area (Å²) in [5.41, 5.74) is 4.14. The third kappa shape index (κ3) is 4.68. The van der Waals surface area contributed by atoms with Gasteiger partial charge in [-0.05, 0) is 99.2 Å². The number of nitrogens with zero attached hydrogens (tertiary/aromatic N) is 1. The van der Waals surface area contributed by atoms with Gasteiger partial charge in [-0.3, -0.25) is 9.78 Å². The fraction of sp³-hybridized carbons (Fsp3) is 0.238. The Bertz CT molecular complexity index is 995. The molecule has 4 nitrogen and oxygen atoms in total. The predicted octanol–water partition coefficient (Wildman–Crippen LogP) is 6.44. The van der Waals surface area contributed by atoms with Crippen LogP contribution in [0.3, 0.4) is 0 Å². The molecule has 140 valence electrons. The first-order valence-electron chi connectivity index (χ1n) is 8.65. The highest BCUT2D eigenvalue weighted by Gasteiger charge is 2.12. The van der Waals surface area contributed by atoms with Crippen molar-refractivity contribution in [2.45, 2.75) is 33.1 Å². The predicted molar refractivity (Wildman–Crippen MR) is 114 cm³/mol. The molecular weight excluding hydrogens is 474 g/mol. The van der Waals surface area contributed by atoms with Gasteiger partial charge in [0.25, 0.3) is 0 Å². The molecule has 0 amide bonds. The Labute approximate surface area is 174 Å². The number of hydrogen-bond acceptors (Lipinski definition) is 3. The summed E-state index contributed by atoms with van der Waals surface area (Å²) >= 11 is 7.07. The van der Waals surface area contributed by atoms with Gasteiger partial charge in [-0.2, -0.15) is 0 Å². The number of halogens is 2. The maximum atomic E-state index is 10.8. The summed E-state index contributed by atoms with van der Waals surface area (Å²) in [5, 5.41) is 9.94. The molecule has 1 aromatic heterocycles. The average molecular weight is 493 g/mol. The number of rotatable bonds is 6. The van der Waals surface area contributed by atoms with Crippen molar-refractivity contribution >= 4 is 48.7 Å². The summed E-state index contributed by atoms with van der Waals surface area (Å²) in [4.78, 5) is 15.4. The first kappa shape index (κ1) is 19.8. The van der Waals surface area contributed by atoms with E-state index in [0.717, 1.165) is 43.3 Å². The number of aromatic nitrogens is 1. The zero-order valence-electron chi connectivity index (χ0n) is 15.1. The monoisotopic (exact) mass is 491 g/mol. The second kappa shape index (κ2) is 8.40. The molecule has 0 saturated carbocycles. The first-order chi connectivity index (χ1) is 12.9. The Morgan fingerprint density at radius 2 is 1.85 bits per heavy atom. The molecule has 0 saturated heterocycles. The third-order valence-corrected chi connectivity index (χ3v) is 5.46. The van der Waals surface area contributed by atoms with Crippen LogP contribution >= 0.6 is 31.9 Å². The molecule has 1 heterocycles. The number of fused-ring (bicyclic) bond motifs is 1. The number of carboxylic acid groups (broad SMARTS) is 1. The number of carboxylic acids is 1. The summed E-state index contributed by atoms with van der Waals surface area (Å²) < 4.78 is 7.67. The molecule has 0 spiro atoms. The van der Waals surface area contributed by atoms with Crippen molar-refractivity contribution in [2.24, 2.45) is 0 Å². The van der Waals surface area contributed by atoms with E-state index in [2.05, 4.69) is 49.8 Å². The topological polar surface area (TPSA) is 59.4 Å². The summed E-state index contributed by atoms with van der Waals surface area (Å²) in [6.07, 6.45) is 1.48. The SMILES string of the molecule is CCc1cc(C)nc2ccc(Oc3c(Br)cc(CCC(=O)O)cc3Br)cc12. The second-order valence-corrected chi connectivity index (χ2v) is 8.05. The van der Waals surface area contributed by atoms with E-state index < -0.39 is 5.97 Å². The van der Waals surface area contributed by atoms with E-state index in [4.69, 9.17) is 9.84 Å². The van der Waals surface area contributed by atoms with Gasteiger partial charge in [-0.1, -0.05) is 6.92 Å². The molecule has 0 fully saturated rings. The van der Waals surface area contributed by atoms with Gasteiger partial charge in [-0.25, -0.2) is 0 Å². The average Bonchev–Trinajstić information content (AvgIpc) is 2.62. The zero-order chi connectivity index (χ0) is 19.6. The van der Waals surface area contributed by atoms with E-state index in [-0.39, 0.29) is 6.42 Å². The maximum absolute atomic E-state index is 10.8. The molecular formula is C21H19Br2NO3. The molecule has 0 radical (unpaired) electrons. The Kier molecular flexibility index (Phi) is 6.17. The van der Waals surface area contributed by atoms with E-state index in [1.54, 1.807) is 0 Å². The molecule has 2 aromatic carbocycles. The summed E-state index contributed by atoms with van der Waals surface area (Å²) in [6.45, 7) is 4.13. The van der Waals surface area contributed by atoms with Crippen LogP contribution in [0, 0.1) is 6.92 Å². The third-order valence-electron chi connectivity index (χ3n) is 4.28. The lowest BCUT2D eigenvalue weighted by molar-refractivity contribution is -0.136. The van der Waals surface area contributed by atoms with Crippen molar-refractivity contribution in [1.82, 2.24) is 4.98 Å². The van der Waals surface area contributed by atoms with Crippen molar-refractivity contribution in [3.05, 3.63) is 62.2 Å². The molecule has 0 atom stereocenters. The van der Waals surface area contributed by atoms with Crippen molar-refractivity contribution < 1.29 is 14.6 Å². The summed E-state index contributed by atoms with van der Waals surface area (Å²) in [7, 11) is 0. The number of pyridine rings is 1. The second-order valence-electron chi connectivity index (χ2n) is 6.34. The van der Waals surface area contributed by atoms with Gasteiger partial charge in [0, 0.05) is 17.5 Å². The van der Waals surface area contributed by atoms with Crippen LogP contribution in [-0.4, -0.2) is 16.1 Å². The maximum Gasteiger partial charge on any atom is 0.303 e. The minimum atomic E-state index is -0.811. The van der Waals surface area contributed by atoms with Gasteiger partial charge in [0.15, 0.2) is 5.75 Å². The molecule has 1 N–H and O–H groups in total. The van der Waals surface area contributed by atoms with Crippen LogP contribution in [0.15, 0.2) is 45.3 Å². The highest BCUT2D eigenvalue weighted by atomic mass is 79.9. The van der Waals surface area contributed by atoms with Gasteiger partial charge in [0.1, 0.15) is 5.75 Å². The van der Waals surface area contributed by atoms with Crippen LogP contribution in [0.25, 0.3) is 10.9 Å². The lowest BCUT2D eigenvalue weighted by Crippen LogP contribution is -1.98. The van der Waals surface area contributed by atoms with Gasteiger partial charge >= 0.3 is 5.97 Å². The standard InChI is InChI=1S/C21H19Br2NO3/c1-3-14-8-12(2)24-19-6-5-15(11-16(14)19)27-21-17(22)9-13(10-18(21)23)4-7-20(25)26/h5-6,8-11H,3-4,7H2,1-2H3,(H,25,26). The molecule has 6 heteroatoms. The van der Waals surface area contributed by atoms with Gasteiger partial charge < -0.3 is 9.84 Å². The first-order valence-corrected chi connectivity index (χ1v) is 10.2. The molecule has 0 bridgehead atoms. The highest BCUT2D eigenvalue weighted by molar-refractivity contribution is 9.11. The van der Waals surface area contributed by atoms with Crippen molar-refractivity contribution in [3.63, 3.8) is 0 Å².